The van der Waals surface area contributed by atoms with Gasteiger partial charge in [-0.3, -0.25) is 4.79 Å². The monoisotopic (exact) mass is 367 g/mol. The molecule has 1 N–H and O–H groups in total. The number of nitrogens with one attached hydrogen (secondary N) is 1. The van der Waals surface area contributed by atoms with Gasteiger partial charge < -0.3 is 14.8 Å². The van der Waals surface area contributed by atoms with Crippen LogP contribution in [0.15, 0.2) is 24.3 Å². The number of benzene rings is 1. The van der Waals surface area contributed by atoms with Gasteiger partial charge in [-0.1, -0.05) is 6.07 Å². The van der Waals surface area contributed by atoms with Gasteiger partial charge in [0.15, 0.2) is 21.3 Å². The van der Waals surface area contributed by atoms with Crippen molar-refractivity contribution >= 4 is 21.8 Å². The van der Waals surface area contributed by atoms with E-state index >= 15 is 0 Å². The second kappa shape index (κ2) is 7.47. The molecule has 1 unspecified atom stereocenters. The van der Waals surface area contributed by atoms with Crippen molar-refractivity contribution in [1.29, 1.82) is 0 Å². The summed E-state index contributed by atoms with van der Waals surface area (Å²) in [5.41, 5.74) is 0.0831. The SMILES string of the molecule is COc1cc(C=CC(=O)NC2(C)CCS(=O)(=O)C2)ccc1OC(C)C. The first kappa shape index (κ1) is 19.3. The Hall–Kier alpha value is -2.02. The molecular weight excluding hydrogens is 342 g/mol. The Labute approximate surface area is 149 Å². The van der Waals surface area contributed by atoms with Crippen molar-refractivity contribution in [2.24, 2.45) is 0 Å². The molecule has 1 aromatic carbocycles. The number of sulfone groups is 1. The van der Waals surface area contributed by atoms with Crippen LogP contribution in [0.2, 0.25) is 0 Å². The smallest absolute Gasteiger partial charge is 0.244 e. The van der Waals surface area contributed by atoms with Crippen molar-refractivity contribution in [2.45, 2.75) is 38.8 Å². The predicted molar refractivity (Wildman–Crippen MR) is 97.6 cm³/mol. The Morgan fingerprint density at radius 3 is 2.60 bits per heavy atom. The minimum atomic E-state index is -3.06. The van der Waals surface area contributed by atoms with Crippen LogP contribution >= 0.6 is 0 Å². The van der Waals surface area contributed by atoms with E-state index < -0.39 is 15.4 Å². The van der Waals surface area contributed by atoms with E-state index in [2.05, 4.69) is 5.32 Å². The van der Waals surface area contributed by atoms with Crippen LogP contribution in [0.25, 0.3) is 6.08 Å². The lowest BCUT2D eigenvalue weighted by Gasteiger charge is -2.22. The van der Waals surface area contributed by atoms with Gasteiger partial charge in [0, 0.05) is 6.08 Å². The van der Waals surface area contributed by atoms with Crippen molar-refractivity contribution in [3.63, 3.8) is 0 Å². The average Bonchev–Trinajstić information content (AvgIpc) is 2.78. The van der Waals surface area contributed by atoms with Crippen LogP contribution in [0.4, 0.5) is 0 Å². The number of carbonyl (C=O) groups is 1. The van der Waals surface area contributed by atoms with E-state index in [0.717, 1.165) is 5.56 Å². The molecular formula is C18H25NO5S. The molecule has 1 fully saturated rings. The van der Waals surface area contributed by atoms with E-state index in [-0.39, 0.29) is 23.5 Å². The van der Waals surface area contributed by atoms with Crippen molar-refractivity contribution < 1.29 is 22.7 Å². The first-order valence-electron chi connectivity index (χ1n) is 8.18. The Bertz CT molecular complexity index is 770. The molecule has 1 atom stereocenters. The molecule has 138 valence electrons. The van der Waals surface area contributed by atoms with Crippen molar-refractivity contribution in [2.75, 3.05) is 18.6 Å². The van der Waals surface area contributed by atoms with Crippen LogP contribution in [-0.2, 0) is 14.6 Å². The van der Waals surface area contributed by atoms with Gasteiger partial charge in [-0.15, -0.1) is 0 Å². The Balaban J connectivity index is 2.05. The van der Waals surface area contributed by atoms with Crippen LogP contribution in [-0.4, -0.2) is 44.6 Å². The zero-order valence-corrected chi connectivity index (χ0v) is 15.9. The van der Waals surface area contributed by atoms with Crippen molar-refractivity contribution in [3.8, 4) is 11.5 Å². The second-order valence-electron chi connectivity index (χ2n) is 6.80. The van der Waals surface area contributed by atoms with Gasteiger partial charge in [0.1, 0.15) is 0 Å². The minimum Gasteiger partial charge on any atom is -0.493 e. The van der Waals surface area contributed by atoms with Crippen LogP contribution in [0.3, 0.4) is 0 Å². The topological polar surface area (TPSA) is 81.7 Å². The fourth-order valence-corrected chi connectivity index (χ4v) is 4.85. The molecule has 0 aliphatic carbocycles. The molecule has 0 aromatic heterocycles. The molecule has 2 rings (SSSR count). The Kier molecular flexibility index (Phi) is 5.77. The Morgan fingerprint density at radius 1 is 1.32 bits per heavy atom. The van der Waals surface area contributed by atoms with Gasteiger partial charge in [-0.25, -0.2) is 8.42 Å². The predicted octanol–water partition coefficient (Wildman–Crippen LogP) is 2.19. The lowest BCUT2D eigenvalue weighted by atomic mass is 10.0. The molecule has 0 saturated carbocycles. The Morgan fingerprint density at radius 2 is 2.04 bits per heavy atom. The number of ether oxygens (including phenoxy) is 2. The molecule has 25 heavy (non-hydrogen) atoms. The zero-order chi connectivity index (χ0) is 18.7. The lowest BCUT2D eigenvalue weighted by molar-refractivity contribution is -0.117. The van der Waals surface area contributed by atoms with Gasteiger partial charge in [-0.05, 0) is 51.0 Å². The quantitative estimate of drug-likeness (QED) is 0.780. The molecule has 1 saturated heterocycles. The number of hydrogen-bond acceptors (Lipinski definition) is 5. The third-order valence-electron chi connectivity index (χ3n) is 3.91. The highest BCUT2D eigenvalue weighted by molar-refractivity contribution is 7.91. The summed E-state index contributed by atoms with van der Waals surface area (Å²) in [5, 5.41) is 2.79. The summed E-state index contributed by atoms with van der Waals surface area (Å²) in [6.07, 6.45) is 3.52. The number of hydrogen-bond donors (Lipinski definition) is 1. The molecule has 0 spiro atoms. The molecule has 1 heterocycles. The van der Waals surface area contributed by atoms with Gasteiger partial charge in [0.25, 0.3) is 0 Å². The van der Waals surface area contributed by atoms with Crippen molar-refractivity contribution in [1.82, 2.24) is 5.32 Å². The van der Waals surface area contributed by atoms with Crippen LogP contribution < -0.4 is 14.8 Å². The molecule has 0 bridgehead atoms. The van der Waals surface area contributed by atoms with E-state index in [1.807, 2.05) is 19.9 Å². The summed E-state index contributed by atoms with van der Waals surface area (Å²) >= 11 is 0. The number of methoxy groups -OCH3 is 1. The molecule has 6 nitrogen and oxygen atoms in total. The lowest BCUT2D eigenvalue weighted by Crippen LogP contribution is -2.46. The van der Waals surface area contributed by atoms with E-state index in [4.69, 9.17) is 9.47 Å². The molecule has 1 aliphatic rings. The summed E-state index contributed by atoms with van der Waals surface area (Å²) in [6.45, 7) is 5.62. The maximum absolute atomic E-state index is 12.1. The van der Waals surface area contributed by atoms with Crippen LogP contribution in [0.1, 0.15) is 32.8 Å². The summed E-state index contributed by atoms with van der Waals surface area (Å²) in [4.78, 5) is 12.1. The summed E-state index contributed by atoms with van der Waals surface area (Å²) in [6, 6.07) is 5.40. The van der Waals surface area contributed by atoms with Crippen molar-refractivity contribution in [3.05, 3.63) is 29.8 Å². The third-order valence-corrected chi connectivity index (χ3v) is 5.81. The number of amides is 1. The van der Waals surface area contributed by atoms with Gasteiger partial charge in [-0.2, -0.15) is 0 Å². The minimum absolute atomic E-state index is 0.0192. The first-order chi connectivity index (χ1) is 11.6. The first-order valence-corrected chi connectivity index (χ1v) is 10.00. The number of rotatable bonds is 6. The highest BCUT2D eigenvalue weighted by Gasteiger charge is 2.39. The maximum Gasteiger partial charge on any atom is 0.244 e. The highest BCUT2D eigenvalue weighted by Crippen LogP contribution is 2.29. The standard InChI is InChI=1S/C18H25NO5S/c1-13(2)24-15-7-5-14(11-16(15)23-4)6-8-17(20)19-18(3)9-10-25(21,22)12-18/h5-8,11,13H,9-10,12H2,1-4H3,(H,19,20). The highest BCUT2D eigenvalue weighted by atomic mass is 32.2. The normalized spacial score (nSPS) is 22.3. The van der Waals surface area contributed by atoms with Crippen LogP contribution in [0.5, 0.6) is 11.5 Å². The summed E-state index contributed by atoms with van der Waals surface area (Å²) in [5.74, 6) is 1.00. The van der Waals surface area contributed by atoms with Gasteiger partial charge in [0.2, 0.25) is 5.91 Å². The molecule has 0 radical (unpaired) electrons. The summed E-state index contributed by atoms with van der Waals surface area (Å²) in [7, 11) is -1.50. The third kappa shape index (κ3) is 5.49. The van der Waals surface area contributed by atoms with Gasteiger partial charge >= 0.3 is 0 Å². The summed E-state index contributed by atoms with van der Waals surface area (Å²) < 4.78 is 34.1. The maximum atomic E-state index is 12.1. The fourth-order valence-electron chi connectivity index (χ4n) is 2.76. The average molecular weight is 367 g/mol. The molecule has 7 heteroatoms. The second-order valence-corrected chi connectivity index (χ2v) is 8.99. The molecule has 1 aliphatic heterocycles. The van der Waals surface area contributed by atoms with Gasteiger partial charge in [0.05, 0.1) is 30.3 Å². The van der Waals surface area contributed by atoms with E-state index in [0.29, 0.717) is 17.9 Å². The number of carbonyl (C=O) groups excluding carboxylic acids is 1. The van der Waals surface area contributed by atoms with Crippen LogP contribution in [0, 0.1) is 0 Å². The van der Waals surface area contributed by atoms with E-state index in [9.17, 15) is 13.2 Å². The molecule has 1 amide bonds. The zero-order valence-electron chi connectivity index (χ0n) is 15.0. The van der Waals surface area contributed by atoms with E-state index in [1.54, 1.807) is 32.2 Å². The molecule has 1 aromatic rings. The fraction of sp³-hybridized carbons (Fsp3) is 0.500. The largest absolute Gasteiger partial charge is 0.493 e. The van der Waals surface area contributed by atoms with E-state index in [1.165, 1.54) is 6.08 Å².